The summed E-state index contributed by atoms with van der Waals surface area (Å²) in [4.78, 5) is 28.7. The Balaban J connectivity index is 1.86. The number of hydrogen-bond acceptors (Lipinski definition) is 5. The first-order chi connectivity index (χ1) is 16.8. The van der Waals surface area contributed by atoms with Crippen molar-refractivity contribution in [3.05, 3.63) is 82.7 Å². The first-order valence-corrected chi connectivity index (χ1v) is 11.0. The van der Waals surface area contributed by atoms with Crippen molar-refractivity contribution in [3.8, 4) is 17.2 Å². The van der Waals surface area contributed by atoms with Gasteiger partial charge in [-0.3, -0.25) is 9.59 Å². The highest BCUT2D eigenvalue weighted by atomic mass is 19.1. The number of methoxy groups -OCH3 is 3. The molecule has 2 atom stereocenters. The van der Waals surface area contributed by atoms with Gasteiger partial charge in [-0.25, -0.2) is 4.39 Å². The lowest BCUT2D eigenvalue weighted by Crippen LogP contribution is -2.44. The van der Waals surface area contributed by atoms with Gasteiger partial charge in [0.15, 0.2) is 11.5 Å². The Morgan fingerprint density at radius 2 is 1.60 bits per heavy atom. The van der Waals surface area contributed by atoms with Crippen molar-refractivity contribution in [2.75, 3.05) is 33.7 Å². The van der Waals surface area contributed by atoms with Crippen LogP contribution in [0.25, 0.3) is 0 Å². The summed E-state index contributed by atoms with van der Waals surface area (Å²) < 4.78 is 30.3. The average molecular weight is 479 g/mol. The van der Waals surface area contributed by atoms with Crippen LogP contribution < -0.4 is 19.5 Å². The number of carbonyl (C=O) groups excluding carboxylic acids is 2. The Morgan fingerprint density at radius 1 is 0.943 bits per heavy atom. The summed E-state index contributed by atoms with van der Waals surface area (Å²) in [6.45, 7) is 1.65. The molecule has 1 N–H and O–H groups in total. The molecule has 35 heavy (non-hydrogen) atoms. The molecule has 4 rings (SSSR count). The molecule has 1 heterocycles. The normalized spacial score (nSPS) is 17.0. The van der Waals surface area contributed by atoms with E-state index < -0.39 is 17.8 Å². The molecular weight excluding hydrogens is 451 g/mol. The molecule has 2 amide bonds. The van der Waals surface area contributed by atoms with E-state index in [0.29, 0.717) is 39.6 Å². The molecule has 1 aliphatic rings. The van der Waals surface area contributed by atoms with E-state index >= 15 is 0 Å². The van der Waals surface area contributed by atoms with Gasteiger partial charge in [0.05, 0.1) is 33.3 Å². The van der Waals surface area contributed by atoms with Crippen LogP contribution in [-0.4, -0.2) is 45.1 Å². The number of carbonyl (C=O) groups is 2. The standard InChI is InChI=1S/C27H27FN2O5/c1-15-6-9-17(12-21(15)28)29-26(31)24-19-13-22(34-4)23(35-5)14-20(19)27(32)30(2)25(24)16-7-10-18(33-3)11-8-16/h6-14,24-25H,1-5H3,(H,29,31)/t24-,25+/m1/s1. The minimum absolute atomic E-state index is 0.257. The summed E-state index contributed by atoms with van der Waals surface area (Å²) in [5, 5.41) is 2.83. The molecule has 7 nitrogen and oxygen atoms in total. The Bertz CT molecular complexity index is 1280. The van der Waals surface area contributed by atoms with Gasteiger partial charge in [0.2, 0.25) is 5.91 Å². The van der Waals surface area contributed by atoms with Gasteiger partial charge in [-0.15, -0.1) is 0 Å². The number of anilines is 1. The first-order valence-electron chi connectivity index (χ1n) is 11.0. The van der Waals surface area contributed by atoms with Crippen molar-refractivity contribution in [2.45, 2.75) is 18.9 Å². The first kappa shape index (κ1) is 24.1. The van der Waals surface area contributed by atoms with Crippen LogP contribution in [0.4, 0.5) is 10.1 Å². The van der Waals surface area contributed by atoms with Crippen LogP contribution in [0.5, 0.6) is 17.2 Å². The molecule has 8 heteroatoms. The van der Waals surface area contributed by atoms with E-state index in [9.17, 15) is 14.0 Å². The number of nitrogens with zero attached hydrogens (tertiary/aromatic N) is 1. The Labute approximate surface area is 203 Å². The van der Waals surface area contributed by atoms with E-state index in [4.69, 9.17) is 14.2 Å². The van der Waals surface area contributed by atoms with Crippen LogP contribution in [0.15, 0.2) is 54.6 Å². The highest BCUT2D eigenvalue weighted by Crippen LogP contribution is 2.46. The largest absolute Gasteiger partial charge is 0.497 e. The monoisotopic (exact) mass is 478 g/mol. The molecule has 0 radical (unpaired) electrons. The van der Waals surface area contributed by atoms with Gasteiger partial charge in [0, 0.05) is 18.3 Å². The number of benzene rings is 3. The van der Waals surface area contributed by atoms with Crippen molar-refractivity contribution in [1.82, 2.24) is 4.90 Å². The molecule has 0 spiro atoms. The number of halogens is 1. The Kier molecular flexibility index (Phi) is 6.64. The fraction of sp³-hybridized carbons (Fsp3) is 0.259. The van der Waals surface area contributed by atoms with E-state index in [-0.39, 0.29) is 11.8 Å². The lowest BCUT2D eigenvalue weighted by atomic mass is 9.79. The van der Waals surface area contributed by atoms with Gasteiger partial charge in [-0.2, -0.15) is 0 Å². The number of fused-ring (bicyclic) bond motifs is 1. The van der Waals surface area contributed by atoms with Gasteiger partial charge in [-0.1, -0.05) is 18.2 Å². The summed E-state index contributed by atoms with van der Waals surface area (Å²) >= 11 is 0. The highest BCUT2D eigenvalue weighted by Gasteiger charge is 2.43. The zero-order valence-corrected chi connectivity index (χ0v) is 20.2. The van der Waals surface area contributed by atoms with E-state index in [1.165, 1.54) is 25.2 Å². The number of rotatable bonds is 6. The van der Waals surface area contributed by atoms with Crippen molar-refractivity contribution < 1.29 is 28.2 Å². The van der Waals surface area contributed by atoms with Crippen molar-refractivity contribution in [2.24, 2.45) is 0 Å². The molecule has 0 aromatic heterocycles. The summed E-state index contributed by atoms with van der Waals surface area (Å²) in [6.07, 6.45) is 0. The van der Waals surface area contributed by atoms with E-state index in [1.54, 1.807) is 57.5 Å². The smallest absolute Gasteiger partial charge is 0.254 e. The van der Waals surface area contributed by atoms with Crippen molar-refractivity contribution in [1.29, 1.82) is 0 Å². The molecule has 3 aromatic carbocycles. The number of ether oxygens (including phenoxy) is 3. The number of likely N-dealkylation sites (N-methyl/N-ethyl adjacent to an activating group) is 1. The van der Waals surface area contributed by atoms with E-state index in [0.717, 1.165) is 5.56 Å². The molecule has 0 bridgehead atoms. The second-order valence-corrected chi connectivity index (χ2v) is 8.36. The minimum atomic E-state index is -0.815. The quantitative estimate of drug-likeness (QED) is 0.555. The number of aryl methyl sites for hydroxylation is 1. The van der Waals surface area contributed by atoms with Gasteiger partial charge in [-0.05, 0) is 60.0 Å². The molecule has 0 unspecified atom stereocenters. The van der Waals surface area contributed by atoms with Gasteiger partial charge < -0.3 is 24.4 Å². The number of amides is 2. The topological polar surface area (TPSA) is 77.1 Å². The molecule has 3 aromatic rings. The van der Waals surface area contributed by atoms with Crippen LogP contribution in [0.1, 0.15) is 39.0 Å². The highest BCUT2D eigenvalue weighted by molar-refractivity contribution is 6.05. The molecule has 0 fully saturated rings. The SMILES string of the molecule is COc1ccc([C@H]2[C@H](C(=O)Nc3ccc(C)c(F)c3)c3cc(OC)c(OC)cc3C(=O)N2C)cc1. The second-order valence-electron chi connectivity index (χ2n) is 8.36. The lowest BCUT2D eigenvalue weighted by molar-refractivity contribution is -0.119. The summed E-state index contributed by atoms with van der Waals surface area (Å²) in [5.74, 6) is -0.440. The summed E-state index contributed by atoms with van der Waals surface area (Å²) in [5.41, 5.74) is 2.39. The van der Waals surface area contributed by atoms with Crippen LogP contribution in [-0.2, 0) is 4.79 Å². The van der Waals surface area contributed by atoms with E-state index in [2.05, 4.69) is 5.32 Å². The third-order valence-corrected chi connectivity index (χ3v) is 6.35. The van der Waals surface area contributed by atoms with Crippen LogP contribution in [0.2, 0.25) is 0 Å². The lowest BCUT2D eigenvalue weighted by Gasteiger charge is -2.40. The van der Waals surface area contributed by atoms with Crippen molar-refractivity contribution >= 4 is 17.5 Å². The average Bonchev–Trinajstić information content (AvgIpc) is 2.87. The molecule has 0 aliphatic carbocycles. The molecule has 1 aliphatic heterocycles. The maximum Gasteiger partial charge on any atom is 0.254 e. The Hall–Kier alpha value is -4.07. The summed E-state index contributed by atoms with van der Waals surface area (Å²) in [6, 6.07) is 14.4. The van der Waals surface area contributed by atoms with Crippen LogP contribution in [0, 0.1) is 12.7 Å². The number of hydrogen-bond donors (Lipinski definition) is 1. The maximum absolute atomic E-state index is 14.2. The predicted octanol–water partition coefficient (Wildman–Crippen LogP) is 4.71. The molecule has 0 saturated carbocycles. The predicted molar refractivity (Wildman–Crippen MR) is 130 cm³/mol. The fourth-order valence-electron chi connectivity index (χ4n) is 4.44. The van der Waals surface area contributed by atoms with E-state index in [1.807, 2.05) is 12.1 Å². The molecular formula is C27H27FN2O5. The van der Waals surface area contributed by atoms with Gasteiger partial charge in [0.25, 0.3) is 5.91 Å². The minimum Gasteiger partial charge on any atom is -0.497 e. The fourth-order valence-corrected chi connectivity index (χ4v) is 4.44. The van der Waals surface area contributed by atoms with Gasteiger partial charge >= 0.3 is 0 Å². The third-order valence-electron chi connectivity index (χ3n) is 6.35. The summed E-state index contributed by atoms with van der Waals surface area (Å²) in [7, 11) is 6.20. The third kappa shape index (κ3) is 4.39. The van der Waals surface area contributed by atoms with Crippen LogP contribution in [0.3, 0.4) is 0 Å². The zero-order valence-electron chi connectivity index (χ0n) is 20.2. The Morgan fingerprint density at radius 3 is 2.20 bits per heavy atom. The maximum atomic E-state index is 14.2. The molecule has 0 saturated heterocycles. The second kappa shape index (κ2) is 9.66. The van der Waals surface area contributed by atoms with Crippen LogP contribution >= 0.6 is 0 Å². The zero-order chi connectivity index (χ0) is 25.3. The van der Waals surface area contributed by atoms with Gasteiger partial charge in [0.1, 0.15) is 11.6 Å². The number of nitrogens with one attached hydrogen (secondary N) is 1. The molecule has 182 valence electrons. The van der Waals surface area contributed by atoms with Crippen molar-refractivity contribution in [3.63, 3.8) is 0 Å².